The maximum Gasteiger partial charge on any atom is 0.0761 e. The van der Waals surface area contributed by atoms with Crippen LogP contribution in [-0.4, -0.2) is 23.8 Å². The molecular formula is C15H20Cl3NO. The van der Waals surface area contributed by atoms with Gasteiger partial charge in [-0.2, -0.15) is 0 Å². The minimum absolute atomic E-state index is 0. The first-order valence-electron chi connectivity index (χ1n) is 6.99. The molecule has 2 fully saturated rings. The number of aliphatic hydroxyl groups excluding tert-OH is 1. The highest BCUT2D eigenvalue weighted by atomic mass is 35.5. The SMILES string of the molecule is Cl.OC(CNC1CC1)C1(c2ccc(Cl)c(Cl)c2)CCC1. The third-order valence-corrected chi connectivity index (χ3v) is 5.29. The van der Waals surface area contributed by atoms with Crippen LogP contribution in [0.2, 0.25) is 10.0 Å². The van der Waals surface area contributed by atoms with Gasteiger partial charge in [0.2, 0.25) is 0 Å². The van der Waals surface area contributed by atoms with E-state index in [0.717, 1.165) is 18.4 Å². The van der Waals surface area contributed by atoms with E-state index in [1.807, 2.05) is 18.2 Å². The highest BCUT2D eigenvalue weighted by Crippen LogP contribution is 2.47. The molecule has 1 aromatic rings. The lowest BCUT2D eigenvalue weighted by molar-refractivity contribution is 0.0284. The van der Waals surface area contributed by atoms with Crippen molar-refractivity contribution < 1.29 is 5.11 Å². The maximum atomic E-state index is 10.6. The number of rotatable bonds is 5. The molecular weight excluding hydrogens is 317 g/mol. The number of hydrogen-bond donors (Lipinski definition) is 2. The molecule has 2 aliphatic carbocycles. The van der Waals surface area contributed by atoms with Crippen molar-refractivity contribution in [1.29, 1.82) is 0 Å². The van der Waals surface area contributed by atoms with Gasteiger partial charge in [0.1, 0.15) is 0 Å². The lowest BCUT2D eigenvalue weighted by Crippen LogP contribution is -2.50. The van der Waals surface area contributed by atoms with Crippen molar-refractivity contribution in [2.75, 3.05) is 6.54 Å². The summed E-state index contributed by atoms with van der Waals surface area (Å²) in [7, 11) is 0. The van der Waals surface area contributed by atoms with Gasteiger partial charge in [0.05, 0.1) is 16.1 Å². The van der Waals surface area contributed by atoms with Crippen molar-refractivity contribution in [3.05, 3.63) is 33.8 Å². The zero-order valence-electron chi connectivity index (χ0n) is 11.2. The Hall–Kier alpha value is 0.01000. The standard InChI is InChI=1S/C15H19Cl2NO.ClH/c16-12-5-2-10(8-13(12)17)15(6-1-7-15)14(19)9-18-11-3-4-11;/h2,5,8,11,14,18-19H,1,3-4,6-7,9H2;1H. The van der Waals surface area contributed by atoms with Crippen molar-refractivity contribution in [3.63, 3.8) is 0 Å². The molecule has 0 radical (unpaired) electrons. The molecule has 1 aromatic carbocycles. The Kier molecular flexibility index (Phi) is 5.25. The second-order valence-electron chi connectivity index (χ2n) is 5.84. The summed E-state index contributed by atoms with van der Waals surface area (Å²) in [6.45, 7) is 0.672. The summed E-state index contributed by atoms with van der Waals surface area (Å²) in [5.41, 5.74) is 0.995. The largest absolute Gasteiger partial charge is 0.391 e. The van der Waals surface area contributed by atoms with E-state index < -0.39 is 0 Å². The van der Waals surface area contributed by atoms with Gasteiger partial charge in [-0.05, 0) is 43.4 Å². The third kappa shape index (κ3) is 3.10. The van der Waals surface area contributed by atoms with Crippen molar-refractivity contribution in [2.24, 2.45) is 0 Å². The van der Waals surface area contributed by atoms with Gasteiger partial charge in [-0.15, -0.1) is 12.4 Å². The van der Waals surface area contributed by atoms with E-state index >= 15 is 0 Å². The van der Waals surface area contributed by atoms with E-state index in [1.54, 1.807) is 0 Å². The van der Waals surface area contributed by atoms with E-state index in [-0.39, 0.29) is 23.9 Å². The molecule has 0 aromatic heterocycles. The number of aliphatic hydroxyl groups is 1. The Morgan fingerprint density at radius 2 is 1.95 bits per heavy atom. The summed E-state index contributed by atoms with van der Waals surface area (Å²) in [5, 5.41) is 15.1. The molecule has 2 aliphatic rings. The molecule has 20 heavy (non-hydrogen) atoms. The Labute approximate surface area is 136 Å². The maximum absolute atomic E-state index is 10.6. The summed E-state index contributed by atoms with van der Waals surface area (Å²) < 4.78 is 0. The topological polar surface area (TPSA) is 32.3 Å². The van der Waals surface area contributed by atoms with Gasteiger partial charge in [-0.1, -0.05) is 35.7 Å². The minimum Gasteiger partial charge on any atom is -0.391 e. The monoisotopic (exact) mass is 335 g/mol. The lowest BCUT2D eigenvalue weighted by atomic mass is 9.61. The van der Waals surface area contributed by atoms with Crippen LogP contribution < -0.4 is 5.32 Å². The molecule has 0 spiro atoms. The molecule has 2 saturated carbocycles. The summed E-state index contributed by atoms with van der Waals surface area (Å²) in [6, 6.07) is 6.39. The molecule has 2 N–H and O–H groups in total. The fraction of sp³-hybridized carbons (Fsp3) is 0.600. The predicted octanol–water partition coefficient (Wildman–Crippen LogP) is 3.95. The molecule has 0 amide bonds. The van der Waals surface area contributed by atoms with Gasteiger partial charge in [0.15, 0.2) is 0 Å². The molecule has 112 valence electrons. The molecule has 5 heteroatoms. The van der Waals surface area contributed by atoms with Crippen LogP contribution in [0.15, 0.2) is 18.2 Å². The Morgan fingerprint density at radius 1 is 1.25 bits per heavy atom. The van der Waals surface area contributed by atoms with Crippen molar-refractivity contribution in [1.82, 2.24) is 5.32 Å². The van der Waals surface area contributed by atoms with Crippen LogP contribution in [0.3, 0.4) is 0 Å². The van der Waals surface area contributed by atoms with Gasteiger partial charge in [0.25, 0.3) is 0 Å². The van der Waals surface area contributed by atoms with Crippen LogP contribution in [0.1, 0.15) is 37.7 Å². The van der Waals surface area contributed by atoms with Gasteiger partial charge < -0.3 is 10.4 Å². The molecule has 0 aliphatic heterocycles. The van der Waals surface area contributed by atoms with E-state index in [2.05, 4.69) is 5.32 Å². The first kappa shape index (κ1) is 16.4. The summed E-state index contributed by atoms with van der Waals surface area (Å²) >= 11 is 12.1. The molecule has 2 nitrogen and oxygen atoms in total. The van der Waals surface area contributed by atoms with Crippen LogP contribution in [-0.2, 0) is 5.41 Å². The average Bonchev–Trinajstić information content (AvgIpc) is 3.13. The Bertz CT molecular complexity index is 472. The summed E-state index contributed by atoms with van der Waals surface area (Å²) in [5.74, 6) is 0. The van der Waals surface area contributed by atoms with Gasteiger partial charge >= 0.3 is 0 Å². The fourth-order valence-corrected chi connectivity index (χ4v) is 3.24. The zero-order valence-corrected chi connectivity index (χ0v) is 13.6. The van der Waals surface area contributed by atoms with E-state index in [4.69, 9.17) is 23.2 Å². The quantitative estimate of drug-likeness (QED) is 0.853. The molecule has 0 heterocycles. The predicted molar refractivity (Wildman–Crippen MR) is 86.3 cm³/mol. The third-order valence-electron chi connectivity index (χ3n) is 4.56. The second-order valence-corrected chi connectivity index (χ2v) is 6.65. The van der Waals surface area contributed by atoms with Crippen molar-refractivity contribution in [3.8, 4) is 0 Å². The summed E-state index contributed by atoms with van der Waals surface area (Å²) in [4.78, 5) is 0. The summed E-state index contributed by atoms with van der Waals surface area (Å²) in [6.07, 6.45) is 5.36. The van der Waals surface area contributed by atoms with Crippen molar-refractivity contribution >= 4 is 35.6 Å². The molecule has 1 atom stereocenters. The van der Waals surface area contributed by atoms with Crippen LogP contribution in [0.4, 0.5) is 0 Å². The van der Waals surface area contributed by atoms with Gasteiger partial charge in [-0.25, -0.2) is 0 Å². The highest BCUT2D eigenvalue weighted by Gasteiger charge is 2.45. The Morgan fingerprint density at radius 3 is 2.45 bits per heavy atom. The minimum atomic E-state index is -0.348. The molecule has 0 bridgehead atoms. The molecule has 3 rings (SSSR count). The number of nitrogens with one attached hydrogen (secondary N) is 1. The first-order chi connectivity index (χ1) is 9.12. The second kappa shape index (κ2) is 6.41. The molecule has 0 saturated heterocycles. The van der Waals surface area contributed by atoms with E-state index in [1.165, 1.54) is 19.3 Å². The smallest absolute Gasteiger partial charge is 0.0761 e. The van der Waals surface area contributed by atoms with E-state index in [0.29, 0.717) is 22.6 Å². The van der Waals surface area contributed by atoms with E-state index in [9.17, 15) is 5.11 Å². The van der Waals surface area contributed by atoms with Crippen LogP contribution in [0, 0.1) is 0 Å². The van der Waals surface area contributed by atoms with Crippen LogP contribution in [0.5, 0.6) is 0 Å². The molecule has 1 unspecified atom stereocenters. The average molecular weight is 337 g/mol. The van der Waals surface area contributed by atoms with Crippen LogP contribution in [0.25, 0.3) is 0 Å². The highest BCUT2D eigenvalue weighted by molar-refractivity contribution is 6.42. The van der Waals surface area contributed by atoms with Crippen molar-refractivity contribution in [2.45, 2.75) is 49.7 Å². The lowest BCUT2D eigenvalue weighted by Gasteiger charge is -2.46. The zero-order chi connectivity index (χ0) is 13.5. The first-order valence-corrected chi connectivity index (χ1v) is 7.74. The van der Waals surface area contributed by atoms with Gasteiger partial charge in [0, 0.05) is 18.0 Å². The normalized spacial score (nSPS) is 21.8. The Balaban J connectivity index is 0.00000147. The van der Waals surface area contributed by atoms with Gasteiger partial charge in [-0.3, -0.25) is 0 Å². The number of hydrogen-bond acceptors (Lipinski definition) is 2. The number of benzene rings is 1. The van der Waals surface area contributed by atoms with Crippen LogP contribution >= 0.6 is 35.6 Å². The fourth-order valence-electron chi connectivity index (χ4n) is 2.94. The number of halogens is 3.